The third kappa shape index (κ3) is 15.6. The molecule has 0 amide bonds. The van der Waals surface area contributed by atoms with Crippen LogP contribution in [0.4, 0.5) is 17.6 Å². The van der Waals surface area contributed by atoms with Gasteiger partial charge in [0.1, 0.15) is 125 Å². The van der Waals surface area contributed by atoms with Gasteiger partial charge < -0.3 is 99.3 Å². The van der Waals surface area contributed by atoms with E-state index in [1.807, 2.05) is 144 Å². The van der Waals surface area contributed by atoms with E-state index in [1.165, 1.54) is 23.3 Å². The summed E-state index contributed by atoms with van der Waals surface area (Å²) in [6.07, 6.45) is 4.02. The summed E-state index contributed by atoms with van der Waals surface area (Å²) in [6, 6.07) is 29.1. The molecule has 29 heteroatoms. The first-order valence-corrected chi connectivity index (χ1v) is 40.9. The molecular formula is C89H97ClF4N12O12. The zero-order valence-corrected chi connectivity index (χ0v) is 66.4. The molecule has 16 atom stereocenters. The first-order valence-electron chi connectivity index (χ1n) is 40.5. The van der Waals surface area contributed by atoms with E-state index in [2.05, 4.69) is 47.3 Å². The Hall–Kier alpha value is -9.63. The summed E-state index contributed by atoms with van der Waals surface area (Å²) < 4.78 is 86.6. The van der Waals surface area contributed by atoms with E-state index in [0.29, 0.717) is 74.4 Å². The Kier molecular flexibility index (Phi) is 22.9. The Morgan fingerprint density at radius 2 is 0.729 bits per heavy atom. The quantitative estimate of drug-likeness (QED) is 0.0506. The first kappa shape index (κ1) is 80.8. The Labute approximate surface area is 683 Å². The molecule has 0 bridgehead atoms. The average Bonchev–Trinajstić information content (AvgIpc) is 1.59. The second-order valence-corrected chi connectivity index (χ2v) is 32.8. The number of aliphatic hydroxyl groups excluding tert-OH is 8. The van der Waals surface area contributed by atoms with Crippen LogP contribution in [0.15, 0.2) is 153 Å². The number of hydrogen-bond donors (Lipinski definition) is 12. The highest BCUT2D eigenvalue weighted by Crippen LogP contribution is 2.45. The predicted molar refractivity (Wildman–Crippen MR) is 436 cm³/mol. The normalized spacial score (nSPS) is 26.5. The lowest BCUT2D eigenvalue weighted by Crippen LogP contribution is -2.35. The largest absolute Gasteiger partial charge is 0.487 e. The minimum atomic E-state index is -4.50. The summed E-state index contributed by atoms with van der Waals surface area (Å²) in [4.78, 5) is 17.8. The van der Waals surface area contributed by atoms with E-state index in [-0.39, 0.29) is 36.1 Å². The van der Waals surface area contributed by atoms with Gasteiger partial charge in [0.15, 0.2) is 0 Å². The Bertz CT molecular complexity index is 5680. The number of rotatable bonds is 12. The van der Waals surface area contributed by atoms with Crippen LogP contribution in [0.2, 0.25) is 5.02 Å². The highest BCUT2D eigenvalue weighted by atomic mass is 35.5. The number of nitrogens with zero attached hydrogens (tertiary/aromatic N) is 8. The van der Waals surface area contributed by atoms with Crippen molar-refractivity contribution in [1.29, 1.82) is 0 Å². The molecule has 4 aliphatic carbocycles. The molecule has 4 aliphatic heterocycles. The van der Waals surface area contributed by atoms with Gasteiger partial charge in [0.05, 0.1) is 29.7 Å². The average molecular weight is 1640 g/mol. The molecular weight excluding hydrogens is 1540 g/mol. The van der Waals surface area contributed by atoms with Crippen LogP contribution in [0.3, 0.4) is 0 Å². The molecule has 0 saturated heterocycles. The first-order chi connectivity index (χ1) is 56.9. The van der Waals surface area contributed by atoms with Crippen LogP contribution in [0.5, 0.6) is 23.0 Å². The van der Waals surface area contributed by atoms with E-state index in [9.17, 15) is 58.4 Å². The van der Waals surface area contributed by atoms with Crippen molar-refractivity contribution in [3.63, 3.8) is 0 Å². The van der Waals surface area contributed by atoms with Crippen LogP contribution in [-0.4, -0.2) is 178 Å². The van der Waals surface area contributed by atoms with E-state index in [0.717, 1.165) is 151 Å². The van der Waals surface area contributed by atoms with Crippen molar-refractivity contribution in [2.75, 3.05) is 26.2 Å². The number of aryl methyl sites for hydroxylation is 4. The van der Waals surface area contributed by atoms with Gasteiger partial charge in [-0.25, -0.2) is 24.3 Å². The summed E-state index contributed by atoms with van der Waals surface area (Å²) >= 11 is 6.36. The second-order valence-electron chi connectivity index (χ2n) is 32.4. The number of fused-ring (bicyclic) bond motifs is 8. The van der Waals surface area contributed by atoms with Gasteiger partial charge in [0.25, 0.3) is 0 Å². The maximum atomic E-state index is 14.1. The smallest absolute Gasteiger partial charge is 0.416 e. The fourth-order valence-corrected chi connectivity index (χ4v) is 18.9. The molecule has 24 nitrogen and oxygen atoms in total. The molecule has 4 saturated carbocycles. The molecule has 8 aliphatic rings. The molecule has 118 heavy (non-hydrogen) atoms. The monoisotopic (exact) mass is 1640 g/mol. The van der Waals surface area contributed by atoms with Crippen molar-refractivity contribution in [2.45, 2.75) is 209 Å². The number of halogens is 5. The fourth-order valence-electron chi connectivity index (χ4n) is 18.6. The van der Waals surface area contributed by atoms with Gasteiger partial charge in [0.2, 0.25) is 0 Å². The zero-order valence-electron chi connectivity index (χ0n) is 65.7. The molecule has 0 spiro atoms. The van der Waals surface area contributed by atoms with Crippen LogP contribution in [-0.2, 0) is 58.0 Å². The lowest BCUT2D eigenvalue weighted by Gasteiger charge is -2.25. The van der Waals surface area contributed by atoms with Gasteiger partial charge in [-0.15, -0.1) is 0 Å². The molecule has 4 aromatic carbocycles. The zero-order chi connectivity index (χ0) is 82.1. The van der Waals surface area contributed by atoms with Crippen molar-refractivity contribution in [2.24, 2.45) is 0 Å². The Morgan fingerprint density at radius 1 is 0.373 bits per heavy atom. The van der Waals surface area contributed by atoms with Crippen LogP contribution >= 0.6 is 11.6 Å². The van der Waals surface area contributed by atoms with Crippen molar-refractivity contribution in [3.8, 4) is 23.0 Å². The number of aliphatic hydroxyl groups is 8. The van der Waals surface area contributed by atoms with E-state index in [1.54, 1.807) is 30.9 Å². The molecule has 0 unspecified atom stereocenters. The standard InChI is InChI=1S/C23H24F3N3O3.C22H24ClN3O3.C22H24FN3O3.C22H25N3O3/c1-12-2-6-28-22-15(12)4-7-29(22)17-10-19(21(31)20(17)30)32-18-9-14(23(24,25)26)8-13-3-5-27-11-16(13)18;1-12-4-8-25-22-13(12)6-9-26(22)17-10-19(21(28)20(17)27)29-18-3-2-16(23)14-5-7-24-11-15(14)18;1-12-2-6-25-22-15(12)4-7-26(22)17-10-19(21(28)20(17)27)29-18-9-14(23)8-13-3-5-24-11-16(13)18;1-13-5-9-24-22-15(13)7-10-25(22)17-11-19(21(27)20(17)26)28-18-4-2-3-14-12-23-8-6-16(14)18/h2,4,6-9,17,19-21,27,30-31H,3,5,10-11H2,1H3;2-4,6,8-9,17,19-21,24,27-28H,5,7,10-11H2,1H3;2,4,6-9,17,19-21,24,27-28H,3,5,10-11H2,1H3;2-5,7,9-10,17,19-21,23,26-27H,6,8,11-12H2,1H3/t4*17-,19+,20+,21-/m1111/s1. The van der Waals surface area contributed by atoms with E-state index < -0.39 is 91.0 Å². The van der Waals surface area contributed by atoms with Crippen LogP contribution < -0.4 is 40.2 Å². The van der Waals surface area contributed by atoms with Crippen molar-refractivity contribution < 1.29 is 77.4 Å². The SMILES string of the molecule is Cc1ccnc2c1ccn2[C@@H]1C[C@H](Oc2cc(C(F)(F)F)cc3c2CNCC3)[C@@H](O)[C@H]1O.Cc1ccnc2c1ccn2[C@@H]1C[C@H](Oc2cc(F)cc3c2CNCC3)[C@@H](O)[C@H]1O.Cc1ccnc2c1ccn2[C@@H]1C[C@H](Oc2ccc(Cl)c3c2CNCC3)[C@@H](O)[C@H]1O.Cc1ccnc2c1ccn2[C@@H]1C[C@H](Oc2cccc3c2CCNC3)[C@@H](O)[C@H]1O. The summed E-state index contributed by atoms with van der Waals surface area (Å²) in [5.41, 5.74) is 14.5. The van der Waals surface area contributed by atoms with Gasteiger partial charge in [0, 0.05) is 151 Å². The Morgan fingerprint density at radius 3 is 1.14 bits per heavy atom. The number of pyridine rings is 4. The van der Waals surface area contributed by atoms with Crippen LogP contribution in [0, 0.1) is 33.5 Å². The number of alkyl halides is 3. The van der Waals surface area contributed by atoms with Gasteiger partial charge in [-0.05, 0) is 215 Å². The third-order valence-electron chi connectivity index (χ3n) is 25.2. The number of hydrogen-bond acceptors (Lipinski definition) is 20. The molecule has 620 valence electrons. The molecule has 12 N–H and O–H groups in total. The number of nitrogens with one attached hydrogen (secondary N) is 4. The minimum absolute atomic E-state index is 0.102. The highest BCUT2D eigenvalue weighted by molar-refractivity contribution is 6.31. The number of aromatic nitrogens is 8. The maximum absolute atomic E-state index is 14.1. The summed E-state index contributed by atoms with van der Waals surface area (Å²) in [7, 11) is 0. The Balaban J connectivity index is 0.000000113. The van der Waals surface area contributed by atoms with Crippen LogP contribution in [0.1, 0.15) is 122 Å². The van der Waals surface area contributed by atoms with Gasteiger partial charge in [-0.1, -0.05) is 23.7 Å². The molecule has 12 aromatic rings. The van der Waals surface area contributed by atoms with Gasteiger partial charge in [-0.3, -0.25) is 0 Å². The summed E-state index contributed by atoms with van der Waals surface area (Å²) in [6.45, 7) is 13.8. The molecule has 0 radical (unpaired) electrons. The summed E-state index contributed by atoms with van der Waals surface area (Å²) in [5, 5.41) is 104. The fraction of sp³-hybridized carbons (Fsp3) is 0.416. The second kappa shape index (κ2) is 33.5. The van der Waals surface area contributed by atoms with Crippen molar-refractivity contribution in [3.05, 3.63) is 236 Å². The number of benzene rings is 4. The molecule has 4 fully saturated rings. The third-order valence-corrected chi connectivity index (χ3v) is 25.5. The molecule has 20 rings (SSSR count). The molecule has 8 aromatic heterocycles. The van der Waals surface area contributed by atoms with E-state index >= 15 is 0 Å². The molecule has 12 heterocycles. The van der Waals surface area contributed by atoms with E-state index in [4.69, 9.17) is 30.5 Å². The van der Waals surface area contributed by atoms with Crippen LogP contribution in [0.25, 0.3) is 44.1 Å². The van der Waals surface area contributed by atoms with Crippen molar-refractivity contribution >= 4 is 55.7 Å². The topological polar surface area (TPSA) is 318 Å². The lowest BCUT2D eigenvalue weighted by molar-refractivity contribution is -0.137. The van der Waals surface area contributed by atoms with Gasteiger partial charge >= 0.3 is 6.18 Å². The number of ether oxygens (including phenoxy) is 4. The predicted octanol–water partition coefficient (Wildman–Crippen LogP) is 10.2. The van der Waals surface area contributed by atoms with Gasteiger partial charge in [-0.2, -0.15) is 13.2 Å². The van der Waals surface area contributed by atoms with Crippen molar-refractivity contribution in [1.82, 2.24) is 59.5 Å². The summed E-state index contributed by atoms with van der Waals surface area (Å²) in [5.74, 6) is 1.74. The lowest BCUT2D eigenvalue weighted by atomic mass is 9.97. The maximum Gasteiger partial charge on any atom is 0.416 e. The highest BCUT2D eigenvalue weighted by Gasteiger charge is 2.49. The minimum Gasteiger partial charge on any atom is -0.487 e.